The van der Waals surface area contributed by atoms with Crippen LogP contribution in [0.4, 0.5) is 13.2 Å². The Bertz CT molecular complexity index is 144. The molecule has 12 heavy (non-hydrogen) atoms. The second kappa shape index (κ2) is 5.45. The minimum atomic E-state index is -4.09. The molecule has 0 fully saturated rings. The molecule has 0 aliphatic carbocycles. The van der Waals surface area contributed by atoms with E-state index in [1.165, 1.54) is 0 Å². The normalized spacial score (nSPS) is 11.7. The molecule has 0 aromatic rings. The summed E-state index contributed by atoms with van der Waals surface area (Å²) in [7, 11) is 0. The second-order valence-corrected chi connectivity index (χ2v) is 3.45. The molecule has 0 aliphatic rings. The summed E-state index contributed by atoms with van der Waals surface area (Å²) in [4.78, 5) is 10.6. The standard InChI is InChI=1S/C7H11F3OS/c1-2-6(11)12-5-3-4-7(8,9)10/h2-5H2,1H3. The zero-order valence-electron chi connectivity index (χ0n) is 6.78. The summed E-state index contributed by atoms with van der Waals surface area (Å²) < 4.78 is 34.7. The van der Waals surface area contributed by atoms with Gasteiger partial charge in [-0.05, 0) is 6.42 Å². The third-order valence-corrected chi connectivity index (χ3v) is 2.26. The molecule has 0 unspecified atom stereocenters. The molecular formula is C7H11F3OS. The molecule has 0 heterocycles. The molecule has 0 bridgehead atoms. The first-order valence-corrected chi connectivity index (χ1v) is 4.66. The Morgan fingerprint density at radius 2 is 2.00 bits per heavy atom. The van der Waals surface area contributed by atoms with E-state index in [2.05, 4.69) is 0 Å². The lowest BCUT2D eigenvalue weighted by Crippen LogP contribution is -2.07. The summed E-state index contributed by atoms with van der Waals surface area (Å²) in [6, 6.07) is 0. The van der Waals surface area contributed by atoms with Crippen molar-refractivity contribution in [1.29, 1.82) is 0 Å². The van der Waals surface area contributed by atoms with Gasteiger partial charge in [0.25, 0.3) is 0 Å². The van der Waals surface area contributed by atoms with E-state index in [0.29, 0.717) is 6.42 Å². The summed E-state index contributed by atoms with van der Waals surface area (Å²) >= 11 is 0.978. The van der Waals surface area contributed by atoms with Crippen LogP contribution in [0, 0.1) is 0 Å². The third kappa shape index (κ3) is 7.91. The minimum Gasteiger partial charge on any atom is -0.287 e. The SMILES string of the molecule is CCC(=O)SCCCC(F)(F)F. The van der Waals surface area contributed by atoms with Gasteiger partial charge in [0.15, 0.2) is 5.12 Å². The fourth-order valence-corrected chi connectivity index (χ4v) is 1.28. The van der Waals surface area contributed by atoms with Crippen LogP contribution in [0.15, 0.2) is 0 Å². The number of halogens is 3. The Balaban J connectivity index is 3.28. The lowest BCUT2D eigenvalue weighted by molar-refractivity contribution is -0.134. The molecule has 0 radical (unpaired) electrons. The number of alkyl halides is 3. The van der Waals surface area contributed by atoms with Crippen LogP contribution in [-0.2, 0) is 4.79 Å². The Labute approximate surface area is 73.7 Å². The quantitative estimate of drug-likeness (QED) is 0.649. The molecule has 0 saturated heterocycles. The number of hydrogen-bond donors (Lipinski definition) is 0. The molecule has 1 nitrogen and oxygen atoms in total. The summed E-state index contributed by atoms with van der Waals surface area (Å²) in [6.45, 7) is 1.69. The van der Waals surface area contributed by atoms with Gasteiger partial charge in [0.1, 0.15) is 0 Å². The van der Waals surface area contributed by atoms with Gasteiger partial charge in [0.05, 0.1) is 0 Å². The molecule has 0 N–H and O–H groups in total. The van der Waals surface area contributed by atoms with E-state index in [0.717, 1.165) is 11.8 Å². The summed E-state index contributed by atoms with van der Waals surface area (Å²) in [5.74, 6) is 0.270. The highest BCUT2D eigenvalue weighted by atomic mass is 32.2. The van der Waals surface area contributed by atoms with Gasteiger partial charge in [-0.25, -0.2) is 0 Å². The maximum Gasteiger partial charge on any atom is 0.389 e. The van der Waals surface area contributed by atoms with E-state index in [4.69, 9.17) is 0 Å². The van der Waals surface area contributed by atoms with Crippen molar-refractivity contribution in [1.82, 2.24) is 0 Å². The van der Waals surface area contributed by atoms with Crippen LogP contribution in [0.3, 0.4) is 0 Å². The van der Waals surface area contributed by atoms with Crippen molar-refractivity contribution in [3.05, 3.63) is 0 Å². The largest absolute Gasteiger partial charge is 0.389 e. The van der Waals surface area contributed by atoms with Crippen LogP contribution in [-0.4, -0.2) is 17.0 Å². The first-order chi connectivity index (χ1) is 5.45. The van der Waals surface area contributed by atoms with Crippen LogP contribution in [0.25, 0.3) is 0 Å². The van der Waals surface area contributed by atoms with Crippen molar-refractivity contribution < 1.29 is 18.0 Å². The van der Waals surface area contributed by atoms with Gasteiger partial charge >= 0.3 is 6.18 Å². The Morgan fingerprint density at radius 1 is 1.42 bits per heavy atom. The van der Waals surface area contributed by atoms with E-state index in [1.807, 2.05) is 0 Å². The summed E-state index contributed by atoms with van der Waals surface area (Å²) in [5.41, 5.74) is 0. The van der Waals surface area contributed by atoms with E-state index in [9.17, 15) is 18.0 Å². The molecule has 0 spiro atoms. The molecule has 0 aromatic carbocycles. The van der Waals surface area contributed by atoms with Crippen molar-refractivity contribution in [3.63, 3.8) is 0 Å². The van der Waals surface area contributed by atoms with Gasteiger partial charge in [-0.15, -0.1) is 0 Å². The highest BCUT2D eigenvalue weighted by molar-refractivity contribution is 8.13. The maximum atomic E-state index is 11.6. The lowest BCUT2D eigenvalue weighted by Gasteiger charge is -2.04. The average molecular weight is 200 g/mol. The number of carbonyl (C=O) groups is 1. The first kappa shape index (κ1) is 11.8. The van der Waals surface area contributed by atoms with Crippen LogP contribution >= 0.6 is 11.8 Å². The van der Waals surface area contributed by atoms with Crippen LogP contribution in [0.5, 0.6) is 0 Å². The maximum absolute atomic E-state index is 11.6. The third-order valence-electron chi connectivity index (χ3n) is 1.16. The molecule has 5 heteroatoms. The molecular weight excluding hydrogens is 189 g/mol. The molecule has 0 atom stereocenters. The number of rotatable bonds is 4. The predicted octanol–water partition coefficient (Wildman–Crippen LogP) is 3.00. The van der Waals surface area contributed by atoms with Gasteiger partial charge in [-0.3, -0.25) is 4.79 Å². The number of thioether (sulfide) groups is 1. The predicted molar refractivity (Wildman–Crippen MR) is 43.0 cm³/mol. The molecule has 0 amide bonds. The van der Waals surface area contributed by atoms with Crippen molar-refractivity contribution in [2.24, 2.45) is 0 Å². The van der Waals surface area contributed by atoms with Crippen molar-refractivity contribution >= 4 is 16.9 Å². The molecule has 0 saturated carbocycles. The highest BCUT2D eigenvalue weighted by Gasteiger charge is 2.25. The van der Waals surface area contributed by atoms with Crippen LogP contribution in [0.1, 0.15) is 26.2 Å². The Hall–Kier alpha value is -0.190. The van der Waals surface area contributed by atoms with Gasteiger partial charge in [-0.2, -0.15) is 13.2 Å². The lowest BCUT2D eigenvalue weighted by atomic mass is 10.3. The zero-order valence-corrected chi connectivity index (χ0v) is 7.60. The summed E-state index contributed by atoms with van der Waals surface area (Å²) in [5, 5.41) is -0.0443. The number of hydrogen-bond acceptors (Lipinski definition) is 2. The van der Waals surface area contributed by atoms with E-state index >= 15 is 0 Å². The fourth-order valence-electron chi connectivity index (χ4n) is 0.561. The minimum absolute atomic E-state index is 0.0277. The zero-order chi connectivity index (χ0) is 9.61. The molecule has 72 valence electrons. The van der Waals surface area contributed by atoms with Crippen molar-refractivity contribution in [2.45, 2.75) is 32.4 Å². The van der Waals surface area contributed by atoms with E-state index in [1.54, 1.807) is 6.92 Å². The van der Waals surface area contributed by atoms with Crippen molar-refractivity contribution in [2.75, 3.05) is 5.75 Å². The second-order valence-electron chi connectivity index (χ2n) is 2.29. The topological polar surface area (TPSA) is 17.1 Å². The number of carbonyl (C=O) groups excluding carboxylic acids is 1. The monoisotopic (exact) mass is 200 g/mol. The summed E-state index contributed by atoms with van der Waals surface area (Å²) in [6.07, 6.45) is -4.47. The van der Waals surface area contributed by atoms with E-state index < -0.39 is 12.6 Å². The molecule has 0 rings (SSSR count). The van der Waals surface area contributed by atoms with Crippen molar-refractivity contribution in [3.8, 4) is 0 Å². The fraction of sp³-hybridized carbons (Fsp3) is 0.857. The molecule has 0 aliphatic heterocycles. The Kier molecular flexibility index (Phi) is 5.37. The average Bonchev–Trinajstić information content (AvgIpc) is 1.96. The van der Waals surface area contributed by atoms with Crippen LogP contribution < -0.4 is 0 Å². The van der Waals surface area contributed by atoms with Gasteiger partial charge < -0.3 is 0 Å². The van der Waals surface area contributed by atoms with E-state index in [-0.39, 0.29) is 17.3 Å². The Morgan fingerprint density at radius 3 is 2.42 bits per heavy atom. The van der Waals surface area contributed by atoms with Crippen LogP contribution in [0.2, 0.25) is 0 Å². The smallest absolute Gasteiger partial charge is 0.287 e. The molecule has 0 aromatic heterocycles. The van der Waals surface area contributed by atoms with Gasteiger partial charge in [0, 0.05) is 18.6 Å². The highest BCUT2D eigenvalue weighted by Crippen LogP contribution is 2.22. The van der Waals surface area contributed by atoms with Gasteiger partial charge in [0.2, 0.25) is 0 Å². The first-order valence-electron chi connectivity index (χ1n) is 3.68. The van der Waals surface area contributed by atoms with Gasteiger partial charge in [-0.1, -0.05) is 18.7 Å².